The largest absolute Gasteiger partial charge is 0.497 e. The summed E-state index contributed by atoms with van der Waals surface area (Å²) in [6.45, 7) is 0.636. The lowest BCUT2D eigenvalue weighted by Crippen LogP contribution is -2.04. The van der Waals surface area contributed by atoms with E-state index in [1.165, 1.54) is 0 Å². The molecular weight excluding hydrogens is 264 g/mol. The third kappa shape index (κ3) is 3.26. The second-order valence-electron chi connectivity index (χ2n) is 4.87. The molecule has 0 radical (unpaired) electrons. The van der Waals surface area contributed by atoms with Gasteiger partial charge in [-0.3, -0.25) is 0 Å². The van der Waals surface area contributed by atoms with Gasteiger partial charge in [0.25, 0.3) is 0 Å². The SMILES string of the molecule is COc1ccc(C2=COC(c3ccccc3)OCC2)cc1. The normalized spacial score (nSPS) is 18.3. The highest BCUT2D eigenvalue weighted by atomic mass is 16.7. The third-order valence-electron chi connectivity index (χ3n) is 3.51. The van der Waals surface area contributed by atoms with E-state index in [1.54, 1.807) is 7.11 Å². The molecule has 1 aliphatic heterocycles. The Labute approximate surface area is 124 Å². The van der Waals surface area contributed by atoms with E-state index >= 15 is 0 Å². The van der Waals surface area contributed by atoms with Crippen molar-refractivity contribution in [1.29, 1.82) is 0 Å². The molecule has 0 aromatic heterocycles. The molecule has 1 aliphatic rings. The average Bonchev–Trinajstić information content (AvgIpc) is 2.82. The van der Waals surface area contributed by atoms with Gasteiger partial charge in [-0.2, -0.15) is 0 Å². The maximum atomic E-state index is 5.80. The second-order valence-corrected chi connectivity index (χ2v) is 4.87. The Morgan fingerprint density at radius 2 is 1.76 bits per heavy atom. The van der Waals surface area contributed by atoms with E-state index in [2.05, 4.69) is 0 Å². The van der Waals surface area contributed by atoms with E-state index in [9.17, 15) is 0 Å². The Hall–Kier alpha value is -2.26. The van der Waals surface area contributed by atoms with Crippen LogP contribution in [-0.4, -0.2) is 13.7 Å². The quantitative estimate of drug-likeness (QED) is 0.845. The van der Waals surface area contributed by atoms with Gasteiger partial charge in [-0.15, -0.1) is 0 Å². The first-order valence-corrected chi connectivity index (χ1v) is 7.02. The van der Waals surface area contributed by atoms with Crippen molar-refractivity contribution in [2.75, 3.05) is 13.7 Å². The number of ether oxygens (including phenoxy) is 3. The molecule has 1 atom stereocenters. The van der Waals surface area contributed by atoms with Crippen LogP contribution in [0.4, 0.5) is 0 Å². The molecule has 3 nitrogen and oxygen atoms in total. The van der Waals surface area contributed by atoms with Crippen LogP contribution in [0.2, 0.25) is 0 Å². The summed E-state index contributed by atoms with van der Waals surface area (Å²) in [4.78, 5) is 0. The zero-order valence-electron chi connectivity index (χ0n) is 12.0. The summed E-state index contributed by atoms with van der Waals surface area (Å²) >= 11 is 0. The molecule has 0 bridgehead atoms. The van der Waals surface area contributed by atoms with Crippen LogP contribution >= 0.6 is 0 Å². The number of hydrogen-bond acceptors (Lipinski definition) is 3. The maximum Gasteiger partial charge on any atom is 0.225 e. The molecule has 0 spiro atoms. The number of hydrogen-bond donors (Lipinski definition) is 0. The predicted molar refractivity (Wildman–Crippen MR) is 81.8 cm³/mol. The maximum absolute atomic E-state index is 5.80. The van der Waals surface area contributed by atoms with Crippen molar-refractivity contribution < 1.29 is 14.2 Å². The second kappa shape index (κ2) is 6.46. The molecule has 108 valence electrons. The molecule has 2 aromatic carbocycles. The first kappa shape index (κ1) is 13.7. The smallest absolute Gasteiger partial charge is 0.225 e. The molecule has 1 heterocycles. The van der Waals surface area contributed by atoms with E-state index in [0.717, 1.165) is 28.9 Å². The van der Waals surface area contributed by atoms with Crippen LogP contribution in [0.3, 0.4) is 0 Å². The predicted octanol–water partition coefficient (Wildman–Crippen LogP) is 4.17. The van der Waals surface area contributed by atoms with Crippen LogP contribution in [-0.2, 0) is 9.47 Å². The van der Waals surface area contributed by atoms with Gasteiger partial charge in [0.1, 0.15) is 5.75 Å². The summed E-state index contributed by atoms with van der Waals surface area (Å²) in [6.07, 6.45) is 2.31. The minimum atomic E-state index is -0.332. The molecular formula is C18H18O3. The summed E-state index contributed by atoms with van der Waals surface area (Å²) < 4.78 is 16.8. The molecule has 0 saturated heterocycles. The van der Waals surface area contributed by atoms with Crippen LogP contribution in [0.1, 0.15) is 23.8 Å². The molecule has 0 saturated carbocycles. The van der Waals surface area contributed by atoms with E-state index in [0.29, 0.717) is 6.61 Å². The fourth-order valence-corrected chi connectivity index (χ4v) is 2.32. The zero-order chi connectivity index (χ0) is 14.5. The summed E-state index contributed by atoms with van der Waals surface area (Å²) in [6, 6.07) is 18.0. The zero-order valence-corrected chi connectivity index (χ0v) is 12.0. The van der Waals surface area contributed by atoms with E-state index < -0.39 is 0 Å². The number of methoxy groups -OCH3 is 1. The molecule has 2 aromatic rings. The van der Waals surface area contributed by atoms with Crippen molar-refractivity contribution in [2.45, 2.75) is 12.7 Å². The number of benzene rings is 2. The summed E-state index contributed by atoms with van der Waals surface area (Å²) in [5, 5.41) is 0. The molecule has 3 heteroatoms. The lowest BCUT2D eigenvalue weighted by Gasteiger charge is -2.14. The molecule has 3 rings (SSSR count). The highest BCUT2D eigenvalue weighted by Crippen LogP contribution is 2.28. The number of rotatable bonds is 3. The molecule has 0 amide bonds. The minimum absolute atomic E-state index is 0.332. The van der Waals surface area contributed by atoms with Crippen molar-refractivity contribution in [3.63, 3.8) is 0 Å². The first-order valence-electron chi connectivity index (χ1n) is 7.02. The van der Waals surface area contributed by atoms with Gasteiger partial charge < -0.3 is 14.2 Å². The fourth-order valence-electron chi connectivity index (χ4n) is 2.32. The lowest BCUT2D eigenvalue weighted by atomic mass is 10.0. The monoisotopic (exact) mass is 282 g/mol. The van der Waals surface area contributed by atoms with Crippen LogP contribution in [0.5, 0.6) is 5.75 Å². The van der Waals surface area contributed by atoms with Crippen LogP contribution in [0.15, 0.2) is 60.9 Å². The standard InChI is InChI=1S/C18H18O3/c1-19-17-9-7-14(8-10-17)16-11-12-20-18(21-13-16)15-5-3-2-4-6-15/h2-10,13,18H,11-12H2,1H3. The molecule has 0 aliphatic carbocycles. The molecule has 1 unspecified atom stereocenters. The third-order valence-corrected chi connectivity index (χ3v) is 3.51. The fraction of sp³-hybridized carbons (Fsp3) is 0.222. The first-order chi connectivity index (χ1) is 10.4. The Morgan fingerprint density at radius 3 is 2.48 bits per heavy atom. The highest BCUT2D eigenvalue weighted by molar-refractivity contribution is 5.65. The van der Waals surface area contributed by atoms with Crippen LogP contribution in [0, 0.1) is 0 Å². The summed E-state index contributed by atoms with van der Waals surface area (Å²) in [5.74, 6) is 0.854. The Kier molecular flexibility index (Phi) is 4.22. The molecule has 21 heavy (non-hydrogen) atoms. The van der Waals surface area contributed by atoms with E-state index in [-0.39, 0.29) is 6.29 Å². The van der Waals surface area contributed by atoms with Crippen LogP contribution in [0.25, 0.3) is 5.57 Å². The van der Waals surface area contributed by atoms with Gasteiger partial charge >= 0.3 is 0 Å². The Bertz CT molecular complexity index is 602. The summed E-state index contributed by atoms with van der Waals surface area (Å²) in [7, 11) is 1.67. The van der Waals surface area contributed by atoms with Crippen LogP contribution < -0.4 is 4.74 Å². The van der Waals surface area contributed by atoms with Gasteiger partial charge in [0.2, 0.25) is 6.29 Å². The van der Waals surface area contributed by atoms with Gasteiger partial charge in [-0.1, -0.05) is 42.5 Å². The molecule has 0 fully saturated rings. The highest BCUT2D eigenvalue weighted by Gasteiger charge is 2.16. The van der Waals surface area contributed by atoms with Crippen molar-refractivity contribution in [1.82, 2.24) is 0 Å². The minimum Gasteiger partial charge on any atom is -0.497 e. The Morgan fingerprint density at radius 1 is 1.00 bits per heavy atom. The van der Waals surface area contributed by atoms with E-state index in [1.807, 2.05) is 60.9 Å². The van der Waals surface area contributed by atoms with E-state index in [4.69, 9.17) is 14.2 Å². The van der Waals surface area contributed by atoms with Gasteiger partial charge in [0.05, 0.1) is 20.0 Å². The lowest BCUT2D eigenvalue weighted by molar-refractivity contribution is -0.102. The van der Waals surface area contributed by atoms with Gasteiger partial charge in [-0.05, 0) is 29.7 Å². The summed E-state index contributed by atoms with van der Waals surface area (Å²) in [5.41, 5.74) is 3.30. The average molecular weight is 282 g/mol. The van der Waals surface area contributed by atoms with Crippen molar-refractivity contribution >= 4 is 5.57 Å². The van der Waals surface area contributed by atoms with Gasteiger partial charge in [0.15, 0.2) is 0 Å². The van der Waals surface area contributed by atoms with Crippen molar-refractivity contribution in [3.05, 3.63) is 72.0 Å². The van der Waals surface area contributed by atoms with Crippen molar-refractivity contribution in [3.8, 4) is 5.75 Å². The van der Waals surface area contributed by atoms with Gasteiger partial charge in [0, 0.05) is 5.56 Å². The Balaban J connectivity index is 1.77. The van der Waals surface area contributed by atoms with Gasteiger partial charge in [-0.25, -0.2) is 0 Å². The topological polar surface area (TPSA) is 27.7 Å². The van der Waals surface area contributed by atoms with Crippen molar-refractivity contribution in [2.24, 2.45) is 0 Å². The molecule has 0 N–H and O–H groups in total.